The van der Waals surface area contributed by atoms with Crippen LogP contribution in [0.15, 0.2) is 18.3 Å². The van der Waals surface area contributed by atoms with Crippen molar-refractivity contribution < 1.29 is 0 Å². The lowest BCUT2D eigenvalue weighted by Crippen LogP contribution is -2.39. The van der Waals surface area contributed by atoms with Crippen molar-refractivity contribution >= 4 is 5.65 Å². The highest BCUT2D eigenvalue weighted by molar-refractivity contribution is 5.39. The summed E-state index contributed by atoms with van der Waals surface area (Å²) in [6.45, 7) is 7.52. The van der Waals surface area contributed by atoms with Crippen LogP contribution in [0.1, 0.15) is 38.1 Å². The Balaban J connectivity index is 1.71. The average Bonchev–Trinajstić information content (AvgIpc) is 2.90. The molecule has 0 saturated carbocycles. The Labute approximate surface area is 126 Å². The number of hydrogen-bond acceptors (Lipinski definition) is 4. The van der Waals surface area contributed by atoms with Gasteiger partial charge in [0.1, 0.15) is 5.82 Å². The minimum atomic E-state index is 0.556. The van der Waals surface area contributed by atoms with E-state index in [2.05, 4.69) is 39.5 Å². The van der Waals surface area contributed by atoms with Crippen LogP contribution in [-0.2, 0) is 13.0 Å². The molecule has 0 radical (unpaired) electrons. The summed E-state index contributed by atoms with van der Waals surface area (Å²) < 4.78 is 2.11. The third kappa shape index (κ3) is 3.09. The fourth-order valence-electron chi connectivity index (χ4n) is 3.17. The summed E-state index contributed by atoms with van der Waals surface area (Å²) in [4.78, 5) is 2.56. The Kier molecular flexibility index (Phi) is 4.22. The Morgan fingerprint density at radius 3 is 2.67 bits per heavy atom. The van der Waals surface area contributed by atoms with E-state index in [1.54, 1.807) is 0 Å². The van der Waals surface area contributed by atoms with E-state index in [-0.39, 0.29) is 0 Å². The molecular formula is C16H25N5. The second kappa shape index (κ2) is 6.12. The molecule has 0 spiro atoms. The van der Waals surface area contributed by atoms with Gasteiger partial charge in [-0.05, 0) is 57.3 Å². The average molecular weight is 287 g/mol. The van der Waals surface area contributed by atoms with Gasteiger partial charge in [0.05, 0.1) is 0 Å². The maximum atomic E-state index is 5.73. The van der Waals surface area contributed by atoms with Gasteiger partial charge in [-0.25, -0.2) is 0 Å². The zero-order valence-electron chi connectivity index (χ0n) is 13.0. The topological polar surface area (TPSA) is 59.5 Å². The summed E-state index contributed by atoms with van der Waals surface area (Å²) in [5.74, 6) is 1.79. The number of rotatable bonds is 4. The van der Waals surface area contributed by atoms with Crippen molar-refractivity contribution in [1.82, 2.24) is 19.5 Å². The predicted molar refractivity (Wildman–Crippen MR) is 84.0 cm³/mol. The van der Waals surface area contributed by atoms with Crippen molar-refractivity contribution in [2.45, 2.75) is 45.7 Å². The summed E-state index contributed by atoms with van der Waals surface area (Å²) in [6, 6.07) is 4.68. The van der Waals surface area contributed by atoms with Crippen molar-refractivity contribution in [1.29, 1.82) is 0 Å². The van der Waals surface area contributed by atoms with E-state index < -0.39 is 0 Å². The van der Waals surface area contributed by atoms with Crippen LogP contribution in [0.3, 0.4) is 0 Å². The molecule has 0 unspecified atom stereocenters. The molecule has 0 atom stereocenters. The molecular weight excluding hydrogens is 262 g/mol. The first kappa shape index (κ1) is 14.5. The van der Waals surface area contributed by atoms with Gasteiger partial charge in [0.2, 0.25) is 0 Å². The van der Waals surface area contributed by atoms with E-state index >= 15 is 0 Å². The lowest BCUT2D eigenvalue weighted by Gasteiger charge is -2.34. The fourth-order valence-corrected chi connectivity index (χ4v) is 3.17. The van der Waals surface area contributed by atoms with E-state index in [4.69, 9.17) is 5.73 Å². The third-order valence-electron chi connectivity index (χ3n) is 4.62. The number of piperidine rings is 1. The van der Waals surface area contributed by atoms with E-state index in [0.717, 1.165) is 23.5 Å². The molecule has 5 heteroatoms. The molecule has 21 heavy (non-hydrogen) atoms. The molecule has 0 bridgehead atoms. The Morgan fingerprint density at radius 2 is 2.00 bits per heavy atom. The molecule has 5 nitrogen and oxygen atoms in total. The van der Waals surface area contributed by atoms with Crippen molar-refractivity contribution in [3.8, 4) is 0 Å². The molecule has 2 aromatic rings. The number of hydrogen-bond donors (Lipinski definition) is 1. The van der Waals surface area contributed by atoms with Crippen LogP contribution >= 0.6 is 0 Å². The smallest absolute Gasteiger partial charge is 0.160 e. The Morgan fingerprint density at radius 1 is 1.24 bits per heavy atom. The number of aromatic nitrogens is 3. The SMILES string of the molecule is CC(C)N1CCC(Cc2nnc3ccc(CN)cn23)CC1. The molecule has 0 aromatic carbocycles. The van der Waals surface area contributed by atoms with Gasteiger partial charge in [-0.1, -0.05) is 6.07 Å². The van der Waals surface area contributed by atoms with E-state index in [1.807, 2.05) is 12.1 Å². The maximum absolute atomic E-state index is 5.73. The molecule has 2 N–H and O–H groups in total. The molecule has 1 aliphatic rings. The van der Waals surface area contributed by atoms with Gasteiger partial charge >= 0.3 is 0 Å². The zero-order chi connectivity index (χ0) is 14.8. The van der Waals surface area contributed by atoms with Crippen molar-refractivity contribution in [3.63, 3.8) is 0 Å². The van der Waals surface area contributed by atoms with Crippen LogP contribution in [0.2, 0.25) is 0 Å². The number of fused-ring (bicyclic) bond motifs is 1. The van der Waals surface area contributed by atoms with Crippen LogP contribution in [-0.4, -0.2) is 38.6 Å². The van der Waals surface area contributed by atoms with Crippen molar-refractivity contribution in [2.75, 3.05) is 13.1 Å². The van der Waals surface area contributed by atoms with Gasteiger partial charge in [0.25, 0.3) is 0 Å². The molecule has 1 saturated heterocycles. The number of pyridine rings is 1. The van der Waals surface area contributed by atoms with Gasteiger partial charge < -0.3 is 10.6 Å². The largest absolute Gasteiger partial charge is 0.326 e. The number of nitrogens with two attached hydrogens (primary N) is 1. The van der Waals surface area contributed by atoms with Gasteiger partial charge in [-0.15, -0.1) is 10.2 Å². The number of likely N-dealkylation sites (tertiary alicyclic amines) is 1. The minimum absolute atomic E-state index is 0.556. The molecule has 114 valence electrons. The highest BCUT2D eigenvalue weighted by Gasteiger charge is 2.22. The van der Waals surface area contributed by atoms with Crippen molar-refractivity contribution in [2.24, 2.45) is 11.7 Å². The second-order valence-electron chi connectivity index (χ2n) is 6.36. The van der Waals surface area contributed by atoms with E-state index in [0.29, 0.717) is 18.5 Å². The zero-order valence-corrected chi connectivity index (χ0v) is 13.0. The molecule has 0 aliphatic carbocycles. The van der Waals surface area contributed by atoms with E-state index in [1.165, 1.54) is 25.9 Å². The summed E-state index contributed by atoms with van der Waals surface area (Å²) in [7, 11) is 0. The van der Waals surface area contributed by atoms with E-state index in [9.17, 15) is 0 Å². The monoisotopic (exact) mass is 287 g/mol. The van der Waals surface area contributed by atoms with Crippen molar-refractivity contribution in [3.05, 3.63) is 29.7 Å². The van der Waals surface area contributed by atoms with Crippen LogP contribution in [0.25, 0.3) is 5.65 Å². The summed E-state index contributed by atoms with van der Waals surface area (Å²) in [5, 5.41) is 8.64. The molecule has 1 aliphatic heterocycles. The van der Waals surface area contributed by atoms with Crippen LogP contribution in [0, 0.1) is 5.92 Å². The lowest BCUT2D eigenvalue weighted by molar-refractivity contribution is 0.148. The minimum Gasteiger partial charge on any atom is -0.326 e. The summed E-state index contributed by atoms with van der Waals surface area (Å²) in [6.07, 6.45) is 5.60. The van der Waals surface area contributed by atoms with Crippen LogP contribution < -0.4 is 5.73 Å². The first-order valence-corrected chi connectivity index (χ1v) is 7.94. The Hall–Kier alpha value is -1.46. The molecule has 2 aromatic heterocycles. The highest BCUT2D eigenvalue weighted by Crippen LogP contribution is 2.22. The normalized spacial score (nSPS) is 17.9. The maximum Gasteiger partial charge on any atom is 0.160 e. The van der Waals surface area contributed by atoms with Crippen LogP contribution in [0.4, 0.5) is 0 Å². The predicted octanol–water partition coefficient (Wildman–Crippen LogP) is 1.85. The summed E-state index contributed by atoms with van der Waals surface area (Å²) in [5.41, 5.74) is 7.77. The second-order valence-corrected chi connectivity index (χ2v) is 6.36. The molecule has 0 amide bonds. The highest BCUT2D eigenvalue weighted by atomic mass is 15.2. The first-order valence-electron chi connectivity index (χ1n) is 7.94. The Bertz CT molecular complexity index is 596. The van der Waals surface area contributed by atoms with Gasteiger partial charge in [0, 0.05) is 25.2 Å². The fraction of sp³-hybridized carbons (Fsp3) is 0.625. The van der Waals surface area contributed by atoms with Gasteiger partial charge in [-0.2, -0.15) is 0 Å². The molecule has 1 fully saturated rings. The standard InChI is InChI=1S/C16H25N5/c1-12(2)20-7-5-13(6-8-20)9-16-19-18-15-4-3-14(10-17)11-21(15)16/h3-4,11-13H,5-10,17H2,1-2H3. The first-order chi connectivity index (χ1) is 10.2. The molecule has 3 heterocycles. The number of nitrogens with zero attached hydrogens (tertiary/aromatic N) is 4. The van der Waals surface area contributed by atoms with Gasteiger partial charge in [-0.3, -0.25) is 4.40 Å². The van der Waals surface area contributed by atoms with Gasteiger partial charge in [0.15, 0.2) is 5.65 Å². The van der Waals surface area contributed by atoms with Crippen LogP contribution in [0.5, 0.6) is 0 Å². The molecule has 3 rings (SSSR count). The summed E-state index contributed by atoms with van der Waals surface area (Å²) >= 11 is 0. The third-order valence-corrected chi connectivity index (χ3v) is 4.62. The lowest BCUT2D eigenvalue weighted by atomic mass is 9.92. The quantitative estimate of drug-likeness (QED) is 0.932.